The predicted octanol–water partition coefficient (Wildman–Crippen LogP) is 3.33. The zero-order chi connectivity index (χ0) is 16.7. The largest absolute Gasteiger partial charge is 0.271 e. The number of hydrogen-bond donors (Lipinski definition) is 1. The molecule has 2 aromatic rings. The summed E-state index contributed by atoms with van der Waals surface area (Å²) in [5.74, 6) is -0.390. The molecule has 0 aliphatic carbocycles. The molecule has 0 unspecified atom stereocenters. The van der Waals surface area contributed by atoms with Gasteiger partial charge in [-0.25, -0.2) is 5.43 Å². The number of amides is 1. The average molecular weight is 311 g/mol. The number of carbonyl (C=O) groups is 1. The lowest BCUT2D eigenvalue weighted by molar-refractivity contribution is -0.384. The number of carbonyl (C=O) groups excluding carboxylic acids is 1. The zero-order valence-electron chi connectivity index (χ0n) is 12.7. The van der Waals surface area contributed by atoms with Gasteiger partial charge in [0.1, 0.15) is 0 Å². The van der Waals surface area contributed by atoms with Gasteiger partial charge in [0.25, 0.3) is 11.6 Å². The molecule has 0 aromatic heterocycles. The van der Waals surface area contributed by atoms with Gasteiger partial charge in [0.05, 0.1) is 4.92 Å². The molecule has 0 spiro atoms. The number of nitrogens with one attached hydrogen (secondary N) is 1. The lowest BCUT2D eigenvalue weighted by atomic mass is 10.1. The lowest BCUT2D eigenvalue weighted by Crippen LogP contribution is -2.20. The van der Waals surface area contributed by atoms with Crippen molar-refractivity contribution in [3.05, 3.63) is 75.8 Å². The standard InChI is InChI=1S/C17H17N3O3/c1-2-15(12-13-6-4-3-5-7-13)18-19-17(21)14-8-10-16(11-9-14)20(22)23/h3-11H,2,12H2,1H3,(H,19,21). The first-order chi connectivity index (χ1) is 11.1. The fourth-order valence-electron chi connectivity index (χ4n) is 2.00. The van der Waals surface area contributed by atoms with E-state index in [0.717, 1.165) is 17.7 Å². The molecule has 0 saturated heterocycles. The van der Waals surface area contributed by atoms with Gasteiger partial charge in [-0.2, -0.15) is 5.10 Å². The molecule has 0 aliphatic heterocycles. The van der Waals surface area contributed by atoms with E-state index in [4.69, 9.17) is 0 Å². The van der Waals surface area contributed by atoms with Crippen LogP contribution >= 0.6 is 0 Å². The van der Waals surface area contributed by atoms with Crippen LogP contribution in [0.3, 0.4) is 0 Å². The van der Waals surface area contributed by atoms with Crippen LogP contribution in [0.2, 0.25) is 0 Å². The Labute approximate surface area is 134 Å². The summed E-state index contributed by atoms with van der Waals surface area (Å²) in [4.78, 5) is 22.1. The summed E-state index contributed by atoms with van der Waals surface area (Å²) in [5.41, 5.74) is 4.75. The molecule has 0 fully saturated rings. The number of hydrazone groups is 1. The highest BCUT2D eigenvalue weighted by molar-refractivity contribution is 5.95. The highest BCUT2D eigenvalue weighted by Gasteiger charge is 2.09. The van der Waals surface area contributed by atoms with Gasteiger partial charge in [-0.15, -0.1) is 0 Å². The maximum atomic E-state index is 12.0. The van der Waals surface area contributed by atoms with Gasteiger partial charge in [-0.05, 0) is 24.1 Å². The van der Waals surface area contributed by atoms with E-state index in [1.165, 1.54) is 24.3 Å². The maximum absolute atomic E-state index is 12.0. The summed E-state index contributed by atoms with van der Waals surface area (Å²) in [5, 5.41) is 14.7. The van der Waals surface area contributed by atoms with Gasteiger partial charge in [-0.1, -0.05) is 37.3 Å². The SMILES string of the molecule is CCC(Cc1ccccc1)=NNC(=O)c1ccc([N+](=O)[O-])cc1. The number of nitro groups is 1. The van der Waals surface area contributed by atoms with Crippen LogP contribution in [0.4, 0.5) is 5.69 Å². The summed E-state index contributed by atoms with van der Waals surface area (Å²) in [6, 6.07) is 15.3. The molecule has 0 saturated carbocycles. The summed E-state index contributed by atoms with van der Waals surface area (Å²) >= 11 is 0. The Morgan fingerprint density at radius 2 is 1.78 bits per heavy atom. The minimum Gasteiger partial charge on any atom is -0.267 e. The molecule has 6 nitrogen and oxygen atoms in total. The molecule has 2 rings (SSSR count). The Hall–Kier alpha value is -3.02. The Morgan fingerprint density at radius 1 is 1.13 bits per heavy atom. The van der Waals surface area contributed by atoms with Crippen molar-refractivity contribution in [3.8, 4) is 0 Å². The third kappa shape index (κ3) is 4.74. The highest BCUT2D eigenvalue weighted by atomic mass is 16.6. The quantitative estimate of drug-likeness (QED) is 0.504. The summed E-state index contributed by atoms with van der Waals surface area (Å²) in [6.07, 6.45) is 1.38. The Morgan fingerprint density at radius 3 is 2.35 bits per heavy atom. The van der Waals surface area contributed by atoms with E-state index in [1.54, 1.807) is 0 Å². The Kier molecular flexibility index (Phi) is 5.57. The fraction of sp³-hybridized carbons (Fsp3) is 0.176. The summed E-state index contributed by atoms with van der Waals surface area (Å²) < 4.78 is 0. The van der Waals surface area contributed by atoms with Crippen LogP contribution in [0, 0.1) is 10.1 Å². The number of nitrogens with zero attached hydrogens (tertiary/aromatic N) is 2. The number of hydrogen-bond acceptors (Lipinski definition) is 4. The van der Waals surface area contributed by atoms with E-state index >= 15 is 0 Å². The van der Waals surface area contributed by atoms with E-state index in [2.05, 4.69) is 10.5 Å². The molecule has 0 aliphatic rings. The Balaban J connectivity index is 2.01. The maximum Gasteiger partial charge on any atom is 0.271 e. The van der Waals surface area contributed by atoms with E-state index in [-0.39, 0.29) is 11.6 Å². The van der Waals surface area contributed by atoms with Crippen molar-refractivity contribution in [1.29, 1.82) is 0 Å². The Bertz CT molecular complexity index is 710. The molecular formula is C17H17N3O3. The minimum atomic E-state index is -0.505. The number of benzene rings is 2. The topological polar surface area (TPSA) is 84.6 Å². The minimum absolute atomic E-state index is 0.0524. The number of nitro benzene ring substituents is 1. The smallest absolute Gasteiger partial charge is 0.267 e. The van der Waals surface area contributed by atoms with Gasteiger partial charge in [0.15, 0.2) is 0 Å². The van der Waals surface area contributed by atoms with E-state index in [1.807, 2.05) is 37.3 Å². The molecule has 1 N–H and O–H groups in total. The van der Waals surface area contributed by atoms with Crippen molar-refractivity contribution in [2.75, 3.05) is 0 Å². The fourth-order valence-corrected chi connectivity index (χ4v) is 2.00. The predicted molar refractivity (Wildman–Crippen MR) is 88.4 cm³/mol. The monoisotopic (exact) mass is 311 g/mol. The molecule has 118 valence electrons. The van der Waals surface area contributed by atoms with Crippen LogP contribution in [-0.2, 0) is 6.42 Å². The highest BCUT2D eigenvalue weighted by Crippen LogP contribution is 2.11. The molecule has 0 heterocycles. The van der Waals surface area contributed by atoms with Crippen molar-refractivity contribution in [3.63, 3.8) is 0 Å². The van der Waals surface area contributed by atoms with Crippen LogP contribution < -0.4 is 5.43 Å². The van der Waals surface area contributed by atoms with Gasteiger partial charge in [0.2, 0.25) is 0 Å². The summed E-state index contributed by atoms with van der Waals surface area (Å²) in [7, 11) is 0. The van der Waals surface area contributed by atoms with E-state index in [9.17, 15) is 14.9 Å². The first-order valence-electron chi connectivity index (χ1n) is 7.24. The van der Waals surface area contributed by atoms with Crippen molar-refractivity contribution in [2.24, 2.45) is 5.10 Å². The summed E-state index contributed by atoms with van der Waals surface area (Å²) in [6.45, 7) is 1.97. The second-order valence-corrected chi connectivity index (χ2v) is 4.94. The van der Waals surface area contributed by atoms with Crippen LogP contribution in [0.5, 0.6) is 0 Å². The molecule has 0 atom stereocenters. The zero-order valence-corrected chi connectivity index (χ0v) is 12.7. The van der Waals surface area contributed by atoms with Gasteiger partial charge in [0, 0.05) is 29.8 Å². The first-order valence-corrected chi connectivity index (χ1v) is 7.24. The molecule has 0 bridgehead atoms. The molecular weight excluding hydrogens is 294 g/mol. The second-order valence-electron chi connectivity index (χ2n) is 4.94. The number of rotatable bonds is 6. The molecule has 23 heavy (non-hydrogen) atoms. The lowest BCUT2D eigenvalue weighted by Gasteiger charge is -2.05. The third-order valence-electron chi connectivity index (χ3n) is 3.31. The molecule has 1 amide bonds. The molecule has 2 aromatic carbocycles. The first kappa shape index (κ1) is 16.4. The second kappa shape index (κ2) is 7.84. The number of non-ortho nitro benzene ring substituents is 1. The van der Waals surface area contributed by atoms with Crippen molar-refractivity contribution in [2.45, 2.75) is 19.8 Å². The van der Waals surface area contributed by atoms with Crippen LogP contribution in [0.15, 0.2) is 59.7 Å². The van der Waals surface area contributed by atoms with Gasteiger partial charge < -0.3 is 0 Å². The normalized spacial score (nSPS) is 11.1. The van der Waals surface area contributed by atoms with Crippen molar-refractivity contribution in [1.82, 2.24) is 5.43 Å². The van der Waals surface area contributed by atoms with Crippen molar-refractivity contribution < 1.29 is 9.72 Å². The van der Waals surface area contributed by atoms with Crippen LogP contribution in [0.25, 0.3) is 0 Å². The average Bonchev–Trinajstić information content (AvgIpc) is 2.59. The van der Waals surface area contributed by atoms with E-state index in [0.29, 0.717) is 12.0 Å². The third-order valence-corrected chi connectivity index (χ3v) is 3.31. The van der Waals surface area contributed by atoms with Gasteiger partial charge in [-0.3, -0.25) is 14.9 Å². The molecule has 0 radical (unpaired) electrons. The van der Waals surface area contributed by atoms with Crippen LogP contribution in [0.1, 0.15) is 29.3 Å². The van der Waals surface area contributed by atoms with Crippen molar-refractivity contribution >= 4 is 17.3 Å². The van der Waals surface area contributed by atoms with E-state index < -0.39 is 4.92 Å². The molecule has 6 heteroatoms. The van der Waals surface area contributed by atoms with Crippen LogP contribution in [-0.4, -0.2) is 16.5 Å². The van der Waals surface area contributed by atoms with Gasteiger partial charge >= 0.3 is 0 Å².